The van der Waals surface area contributed by atoms with Crippen LogP contribution in [0.1, 0.15) is 32.8 Å². The molecule has 0 atom stereocenters. The molecule has 0 radical (unpaired) electrons. The van der Waals surface area contributed by atoms with Gasteiger partial charge < -0.3 is 15.7 Å². The number of carbonyl (C=O) groups is 2. The van der Waals surface area contributed by atoms with Gasteiger partial charge in [-0.1, -0.05) is 32.9 Å². The minimum atomic E-state index is -1.01. The largest absolute Gasteiger partial charge is 0.478 e. The number of rotatable bonds is 5. The van der Waals surface area contributed by atoms with Crippen LogP contribution in [0.4, 0.5) is 10.5 Å². The van der Waals surface area contributed by atoms with Gasteiger partial charge in [0, 0.05) is 18.3 Å². The molecule has 1 rings (SSSR count). The van der Waals surface area contributed by atoms with E-state index in [-0.39, 0.29) is 11.4 Å². The van der Waals surface area contributed by atoms with Crippen molar-refractivity contribution in [1.29, 1.82) is 0 Å². The Kier molecular flexibility index (Phi) is 5.96. The number of hydrogen-bond donors (Lipinski definition) is 3. The quantitative estimate of drug-likeness (QED) is 0.728. The van der Waals surface area contributed by atoms with Gasteiger partial charge in [0.15, 0.2) is 0 Å². The smallest absolute Gasteiger partial charge is 0.328 e. The van der Waals surface area contributed by atoms with E-state index in [2.05, 4.69) is 31.4 Å². The van der Waals surface area contributed by atoms with Crippen LogP contribution in [0.5, 0.6) is 0 Å². The van der Waals surface area contributed by atoms with Crippen LogP contribution in [-0.4, -0.2) is 23.7 Å². The van der Waals surface area contributed by atoms with Gasteiger partial charge in [0.25, 0.3) is 0 Å². The molecule has 0 unspecified atom stereocenters. The molecule has 5 heteroatoms. The average Bonchev–Trinajstić information content (AvgIpc) is 2.35. The van der Waals surface area contributed by atoms with Crippen LogP contribution < -0.4 is 10.6 Å². The van der Waals surface area contributed by atoms with Crippen molar-refractivity contribution in [3.63, 3.8) is 0 Å². The van der Waals surface area contributed by atoms with Crippen molar-refractivity contribution in [2.45, 2.75) is 27.2 Å². The van der Waals surface area contributed by atoms with Gasteiger partial charge in [0.1, 0.15) is 0 Å². The molecule has 3 N–H and O–H groups in total. The molecule has 0 saturated carbocycles. The van der Waals surface area contributed by atoms with E-state index in [0.717, 1.165) is 12.5 Å². The summed E-state index contributed by atoms with van der Waals surface area (Å²) >= 11 is 0. The minimum absolute atomic E-state index is 0.175. The molecule has 0 saturated heterocycles. The third-order valence-electron chi connectivity index (χ3n) is 2.72. The van der Waals surface area contributed by atoms with Crippen LogP contribution in [0.25, 0.3) is 6.08 Å². The molecule has 0 aromatic heterocycles. The summed E-state index contributed by atoms with van der Waals surface area (Å²) in [6, 6.07) is 6.72. The summed E-state index contributed by atoms with van der Waals surface area (Å²) in [6.07, 6.45) is 3.43. The molecule has 0 aliphatic carbocycles. The molecule has 1 aromatic rings. The van der Waals surface area contributed by atoms with Crippen molar-refractivity contribution in [2.24, 2.45) is 5.41 Å². The van der Waals surface area contributed by atoms with Gasteiger partial charge in [-0.05, 0) is 35.6 Å². The van der Waals surface area contributed by atoms with Crippen molar-refractivity contribution in [1.82, 2.24) is 5.32 Å². The summed E-state index contributed by atoms with van der Waals surface area (Å²) in [6.45, 7) is 6.95. The number of carboxylic acid groups (broad SMARTS) is 1. The topological polar surface area (TPSA) is 78.4 Å². The fourth-order valence-electron chi connectivity index (χ4n) is 1.61. The number of carbonyl (C=O) groups excluding carboxylic acids is 1. The lowest BCUT2D eigenvalue weighted by Crippen LogP contribution is -2.31. The Balaban J connectivity index is 2.53. The van der Waals surface area contributed by atoms with E-state index < -0.39 is 5.97 Å². The second kappa shape index (κ2) is 7.47. The highest BCUT2D eigenvalue weighted by Gasteiger charge is 2.10. The second-order valence-electron chi connectivity index (χ2n) is 5.99. The first-order valence-electron chi connectivity index (χ1n) is 6.82. The second-order valence-corrected chi connectivity index (χ2v) is 5.99. The SMILES string of the molecule is CC(C)(C)CCNC(=O)Nc1cccc(/C=C/C(=O)O)c1. The van der Waals surface area contributed by atoms with Crippen LogP contribution in [0.15, 0.2) is 30.3 Å². The Morgan fingerprint density at radius 3 is 2.62 bits per heavy atom. The molecule has 21 heavy (non-hydrogen) atoms. The van der Waals surface area contributed by atoms with Crippen molar-refractivity contribution in [3.05, 3.63) is 35.9 Å². The zero-order valence-electron chi connectivity index (χ0n) is 12.6. The fourth-order valence-corrected chi connectivity index (χ4v) is 1.61. The monoisotopic (exact) mass is 290 g/mol. The number of nitrogens with one attached hydrogen (secondary N) is 2. The summed E-state index contributed by atoms with van der Waals surface area (Å²) in [4.78, 5) is 22.2. The number of urea groups is 1. The molecule has 0 fully saturated rings. The number of carboxylic acids is 1. The van der Waals surface area contributed by atoms with Crippen molar-refractivity contribution >= 4 is 23.8 Å². The van der Waals surface area contributed by atoms with Crippen LogP contribution >= 0.6 is 0 Å². The summed E-state index contributed by atoms with van der Waals surface area (Å²) in [5.41, 5.74) is 1.51. The molecule has 1 aromatic carbocycles. The van der Waals surface area contributed by atoms with Crippen molar-refractivity contribution < 1.29 is 14.7 Å². The maximum Gasteiger partial charge on any atom is 0.328 e. The van der Waals surface area contributed by atoms with E-state index >= 15 is 0 Å². The first kappa shape index (κ1) is 16.8. The normalized spacial score (nSPS) is 11.4. The molecule has 5 nitrogen and oxygen atoms in total. The molecule has 0 aliphatic heterocycles. The molecular formula is C16H22N2O3. The Hall–Kier alpha value is -2.30. The zero-order chi connectivity index (χ0) is 15.9. The van der Waals surface area contributed by atoms with Gasteiger partial charge in [-0.15, -0.1) is 0 Å². The molecule has 0 bridgehead atoms. The molecular weight excluding hydrogens is 268 g/mol. The lowest BCUT2D eigenvalue weighted by molar-refractivity contribution is -0.131. The van der Waals surface area contributed by atoms with E-state index in [1.54, 1.807) is 24.3 Å². The van der Waals surface area contributed by atoms with Gasteiger partial charge in [-0.3, -0.25) is 0 Å². The van der Waals surface area contributed by atoms with Crippen LogP contribution in [0.3, 0.4) is 0 Å². The lowest BCUT2D eigenvalue weighted by atomic mass is 9.92. The molecule has 114 valence electrons. The molecule has 0 aliphatic rings. The predicted molar refractivity (Wildman–Crippen MR) is 84.2 cm³/mol. The van der Waals surface area contributed by atoms with E-state index in [1.165, 1.54) is 6.08 Å². The summed E-state index contributed by atoms with van der Waals surface area (Å²) < 4.78 is 0. The molecule has 0 heterocycles. The lowest BCUT2D eigenvalue weighted by Gasteiger charge is -2.18. The maximum atomic E-state index is 11.7. The highest BCUT2D eigenvalue weighted by atomic mass is 16.4. The minimum Gasteiger partial charge on any atom is -0.478 e. The van der Waals surface area contributed by atoms with Crippen molar-refractivity contribution in [3.8, 4) is 0 Å². The number of benzene rings is 1. The number of hydrogen-bond acceptors (Lipinski definition) is 2. The van der Waals surface area contributed by atoms with Crippen LogP contribution in [0.2, 0.25) is 0 Å². The van der Waals surface area contributed by atoms with Crippen LogP contribution in [-0.2, 0) is 4.79 Å². The van der Waals surface area contributed by atoms with Gasteiger partial charge in [-0.25, -0.2) is 9.59 Å². The number of anilines is 1. The standard InChI is InChI=1S/C16H22N2O3/c1-16(2,3)9-10-17-15(21)18-13-6-4-5-12(11-13)7-8-14(19)20/h4-8,11H,9-10H2,1-3H3,(H,19,20)(H2,17,18,21)/b8-7+. The molecule has 2 amide bonds. The van der Waals surface area contributed by atoms with Crippen LogP contribution in [0, 0.1) is 5.41 Å². The summed E-state index contributed by atoms with van der Waals surface area (Å²) in [7, 11) is 0. The van der Waals surface area contributed by atoms with Gasteiger partial charge in [0.2, 0.25) is 0 Å². The Bertz CT molecular complexity index is 531. The predicted octanol–water partition coefficient (Wildman–Crippen LogP) is 3.34. The van der Waals surface area contributed by atoms with E-state index in [0.29, 0.717) is 17.8 Å². The Morgan fingerprint density at radius 2 is 2.00 bits per heavy atom. The third kappa shape index (κ3) is 7.77. The fraction of sp³-hybridized carbons (Fsp3) is 0.375. The highest BCUT2D eigenvalue weighted by molar-refractivity contribution is 5.90. The Labute approximate surface area is 125 Å². The molecule has 0 spiro atoms. The number of aliphatic carboxylic acids is 1. The van der Waals surface area contributed by atoms with E-state index in [9.17, 15) is 9.59 Å². The van der Waals surface area contributed by atoms with E-state index in [4.69, 9.17) is 5.11 Å². The first-order valence-corrected chi connectivity index (χ1v) is 6.82. The number of amides is 2. The summed E-state index contributed by atoms with van der Waals surface area (Å²) in [5.74, 6) is -1.01. The first-order chi connectivity index (χ1) is 9.76. The van der Waals surface area contributed by atoms with Gasteiger partial charge in [0.05, 0.1) is 0 Å². The van der Waals surface area contributed by atoms with E-state index in [1.807, 2.05) is 0 Å². The third-order valence-corrected chi connectivity index (χ3v) is 2.72. The highest BCUT2D eigenvalue weighted by Crippen LogP contribution is 2.17. The van der Waals surface area contributed by atoms with Gasteiger partial charge in [-0.2, -0.15) is 0 Å². The van der Waals surface area contributed by atoms with Crippen molar-refractivity contribution in [2.75, 3.05) is 11.9 Å². The average molecular weight is 290 g/mol. The Morgan fingerprint density at radius 1 is 1.29 bits per heavy atom. The maximum absolute atomic E-state index is 11.7. The van der Waals surface area contributed by atoms with Gasteiger partial charge >= 0.3 is 12.0 Å². The zero-order valence-corrected chi connectivity index (χ0v) is 12.6. The summed E-state index contributed by atoms with van der Waals surface area (Å²) in [5, 5.41) is 14.1.